The highest BCUT2D eigenvalue weighted by atomic mass is 16.5. The molecule has 0 bridgehead atoms. The average molecular weight is 352 g/mol. The predicted octanol–water partition coefficient (Wildman–Crippen LogP) is 2.30. The molecule has 1 aliphatic heterocycles. The number of anilines is 1. The molecule has 7 nitrogen and oxygen atoms in total. The highest BCUT2D eigenvalue weighted by molar-refractivity contribution is 5.97. The van der Waals surface area contributed by atoms with Crippen molar-refractivity contribution in [3.8, 4) is 0 Å². The summed E-state index contributed by atoms with van der Waals surface area (Å²) in [6.45, 7) is 5.45. The van der Waals surface area contributed by atoms with Gasteiger partial charge in [-0.3, -0.25) is 4.79 Å². The zero-order chi connectivity index (χ0) is 17.9. The summed E-state index contributed by atoms with van der Waals surface area (Å²) in [4.78, 5) is 19.0. The van der Waals surface area contributed by atoms with Crippen molar-refractivity contribution < 1.29 is 14.1 Å². The fourth-order valence-corrected chi connectivity index (χ4v) is 3.12. The third-order valence-electron chi connectivity index (χ3n) is 4.55. The van der Waals surface area contributed by atoms with Crippen LogP contribution in [0.15, 0.2) is 41.1 Å². The number of rotatable bonds is 4. The number of para-hydroxylation sites is 1. The van der Waals surface area contributed by atoms with Crippen molar-refractivity contribution in [1.82, 2.24) is 15.5 Å². The number of aromatic nitrogens is 2. The molecule has 0 aliphatic carbocycles. The molecule has 0 atom stereocenters. The molecule has 0 unspecified atom stereocenters. The fraction of sp³-hybridized carbons (Fsp3) is 0.316. The second-order valence-electron chi connectivity index (χ2n) is 6.26. The number of morpholine rings is 1. The largest absolute Gasteiger partial charge is 0.378 e. The minimum absolute atomic E-state index is 0.170. The van der Waals surface area contributed by atoms with Crippen molar-refractivity contribution in [3.63, 3.8) is 0 Å². The van der Waals surface area contributed by atoms with Crippen molar-refractivity contribution in [2.24, 2.45) is 0 Å². The standard InChI is InChI=1S/C19H20N4O3/c1-13-16-10-15(12-21-19(16)26-22-13)18(24)20-11-14-4-2-3-5-17(14)23-6-8-25-9-7-23/h2-5,10,12H,6-9,11H2,1H3,(H,20,24). The quantitative estimate of drug-likeness (QED) is 0.776. The summed E-state index contributed by atoms with van der Waals surface area (Å²) in [6, 6.07) is 9.89. The number of nitrogens with one attached hydrogen (secondary N) is 1. The topological polar surface area (TPSA) is 80.5 Å². The van der Waals surface area contributed by atoms with Crippen LogP contribution in [0.2, 0.25) is 0 Å². The second-order valence-corrected chi connectivity index (χ2v) is 6.26. The Labute approximate surface area is 150 Å². The molecule has 26 heavy (non-hydrogen) atoms. The lowest BCUT2D eigenvalue weighted by atomic mass is 10.1. The Kier molecular flexibility index (Phi) is 4.53. The van der Waals surface area contributed by atoms with Gasteiger partial charge in [0.25, 0.3) is 11.6 Å². The van der Waals surface area contributed by atoms with Crippen LogP contribution in [0.1, 0.15) is 21.6 Å². The van der Waals surface area contributed by atoms with Crippen LogP contribution >= 0.6 is 0 Å². The van der Waals surface area contributed by atoms with E-state index in [0.29, 0.717) is 17.8 Å². The molecule has 7 heteroatoms. The van der Waals surface area contributed by atoms with E-state index in [9.17, 15) is 4.79 Å². The molecule has 1 N–H and O–H groups in total. The Morgan fingerprint density at radius 3 is 2.92 bits per heavy atom. The number of fused-ring (bicyclic) bond motifs is 1. The second kappa shape index (κ2) is 7.13. The van der Waals surface area contributed by atoms with Crippen LogP contribution in [-0.4, -0.2) is 42.4 Å². The van der Waals surface area contributed by atoms with Crippen molar-refractivity contribution in [2.75, 3.05) is 31.2 Å². The summed E-state index contributed by atoms with van der Waals surface area (Å²) in [6.07, 6.45) is 1.51. The normalized spacial score (nSPS) is 14.6. The molecule has 1 amide bonds. The highest BCUT2D eigenvalue weighted by Crippen LogP contribution is 2.22. The van der Waals surface area contributed by atoms with Gasteiger partial charge in [-0.25, -0.2) is 4.98 Å². The molecule has 3 aromatic rings. The Bertz CT molecular complexity index is 931. The van der Waals surface area contributed by atoms with Gasteiger partial charge in [0.2, 0.25) is 0 Å². The van der Waals surface area contributed by atoms with Crippen LogP contribution in [0.4, 0.5) is 5.69 Å². The zero-order valence-electron chi connectivity index (χ0n) is 14.6. The monoisotopic (exact) mass is 352 g/mol. The van der Waals surface area contributed by atoms with Gasteiger partial charge in [-0.2, -0.15) is 0 Å². The van der Waals surface area contributed by atoms with E-state index in [1.54, 1.807) is 6.07 Å². The van der Waals surface area contributed by atoms with E-state index in [2.05, 4.69) is 26.4 Å². The van der Waals surface area contributed by atoms with E-state index < -0.39 is 0 Å². The molecule has 0 radical (unpaired) electrons. The van der Waals surface area contributed by atoms with Crippen LogP contribution in [0.5, 0.6) is 0 Å². The summed E-state index contributed by atoms with van der Waals surface area (Å²) >= 11 is 0. The summed E-state index contributed by atoms with van der Waals surface area (Å²) in [5.74, 6) is -0.170. The van der Waals surface area contributed by atoms with E-state index in [4.69, 9.17) is 9.26 Å². The van der Waals surface area contributed by atoms with E-state index in [1.165, 1.54) is 6.20 Å². The average Bonchev–Trinajstić information content (AvgIpc) is 3.07. The molecule has 0 saturated carbocycles. The van der Waals surface area contributed by atoms with Crippen molar-refractivity contribution in [3.05, 3.63) is 53.3 Å². The van der Waals surface area contributed by atoms with Gasteiger partial charge >= 0.3 is 0 Å². The number of carbonyl (C=O) groups excluding carboxylic acids is 1. The molecular formula is C19H20N4O3. The fourth-order valence-electron chi connectivity index (χ4n) is 3.12. The van der Waals surface area contributed by atoms with Gasteiger partial charge in [-0.1, -0.05) is 23.4 Å². The summed E-state index contributed by atoms with van der Waals surface area (Å²) in [5.41, 5.74) is 3.88. The number of benzene rings is 1. The van der Waals surface area contributed by atoms with Gasteiger partial charge in [-0.05, 0) is 24.6 Å². The smallest absolute Gasteiger partial charge is 0.257 e. The molecule has 0 spiro atoms. The van der Waals surface area contributed by atoms with Crippen LogP contribution in [0, 0.1) is 6.92 Å². The minimum Gasteiger partial charge on any atom is -0.378 e. The number of hydrogen-bond donors (Lipinski definition) is 1. The van der Waals surface area contributed by atoms with Gasteiger partial charge in [0.1, 0.15) is 0 Å². The van der Waals surface area contributed by atoms with Crippen LogP contribution in [0.3, 0.4) is 0 Å². The Morgan fingerprint density at radius 1 is 1.27 bits per heavy atom. The number of pyridine rings is 1. The highest BCUT2D eigenvalue weighted by Gasteiger charge is 2.16. The molecule has 1 aliphatic rings. The van der Waals surface area contributed by atoms with E-state index in [1.807, 2.05) is 25.1 Å². The Balaban J connectivity index is 1.49. The predicted molar refractivity (Wildman–Crippen MR) is 97.2 cm³/mol. The van der Waals surface area contributed by atoms with Crippen LogP contribution in [-0.2, 0) is 11.3 Å². The molecule has 134 valence electrons. The number of aryl methyl sites for hydroxylation is 1. The number of hydrogen-bond acceptors (Lipinski definition) is 6. The SMILES string of the molecule is Cc1noc2ncc(C(=O)NCc3ccccc3N3CCOCC3)cc12. The van der Waals surface area contributed by atoms with Crippen molar-refractivity contribution in [2.45, 2.75) is 13.5 Å². The van der Waals surface area contributed by atoms with Gasteiger partial charge in [0.15, 0.2) is 0 Å². The maximum atomic E-state index is 12.5. The van der Waals surface area contributed by atoms with Crippen molar-refractivity contribution >= 4 is 22.7 Å². The van der Waals surface area contributed by atoms with Gasteiger partial charge in [0, 0.05) is 31.5 Å². The summed E-state index contributed by atoms with van der Waals surface area (Å²) < 4.78 is 10.5. The van der Waals surface area contributed by atoms with Crippen molar-refractivity contribution in [1.29, 1.82) is 0 Å². The zero-order valence-corrected chi connectivity index (χ0v) is 14.6. The molecule has 1 aromatic carbocycles. The lowest BCUT2D eigenvalue weighted by molar-refractivity contribution is 0.0950. The first-order valence-electron chi connectivity index (χ1n) is 8.63. The maximum Gasteiger partial charge on any atom is 0.257 e. The third-order valence-corrected chi connectivity index (χ3v) is 4.55. The maximum absolute atomic E-state index is 12.5. The molecule has 2 aromatic heterocycles. The van der Waals surface area contributed by atoms with E-state index >= 15 is 0 Å². The van der Waals surface area contributed by atoms with E-state index in [-0.39, 0.29) is 5.91 Å². The molecular weight excluding hydrogens is 332 g/mol. The first-order valence-corrected chi connectivity index (χ1v) is 8.63. The summed E-state index contributed by atoms with van der Waals surface area (Å²) in [5, 5.41) is 7.61. The molecule has 1 saturated heterocycles. The molecule has 4 rings (SSSR count). The van der Waals surface area contributed by atoms with Crippen LogP contribution < -0.4 is 10.2 Å². The number of carbonyl (C=O) groups is 1. The minimum atomic E-state index is -0.170. The molecule has 1 fully saturated rings. The number of ether oxygens (including phenoxy) is 1. The van der Waals surface area contributed by atoms with Gasteiger partial charge in [0.05, 0.1) is 29.9 Å². The van der Waals surface area contributed by atoms with Gasteiger partial charge < -0.3 is 19.5 Å². The lowest BCUT2D eigenvalue weighted by Crippen LogP contribution is -2.37. The lowest BCUT2D eigenvalue weighted by Gasteiger charge is -2.30. The van der Waals surface area contributed by atoms with Gasteiger partial charge in [-0.15, -0.1) is 0 Å². The number of amides is 1. The van der Waals surface area contributed by atoms with E-state index in [0.717, 1.165) is 48.6 Å². The third kappa shape index (κ3) is 3.25. The Morgan fingerprint density at radius 2 is 2.08 bits per heavy atom. The van der Waals surface area contributed by atoms with Crippen LogP contribution in [0.25, 0.3) is 11.1 Å². The first kappa shape index (κ1) is 16.5. The Hall–Kier alpha value is -2.93. The number of nitrogens with zero attached hydrogens (tertiary/aromatic N) is 3. The summed E-state index contributed by atoms with van der Waals surface area (Å²) in [7, 11) is 0. The molecule has 3 heterocycles. The first-order chi connectivity index (χ1) is 12.7.